The third-order valence-corrected chi connectivity index (χ3v) is 8.41. The van der Waals surface area contributed by atoms with Gasteiger partial charge in [-0.25, -0.2) is 12.8 Å². The van der Waals surface area contributed by atoms with E-state index in [1.54, 1.807) is 42.3 Å². The van der Waals surface area contributed by atoms with Crippen LogP contribution in [0, 0.1) is 5.82 Å². The average Bonchev–Trinajstić information content (AvgIpc) is 3.19. The van der Waals surface area contributed by atoms with Crippen molar-refractivity contribution in [2.45, 2.75) is 17.7 Å². The van der Waals surface area contributed by atoms with E-state index < -0.39 is 15.7 Å². The Kier molecular flexibility index (Phi) is 5.94. The number of hydrogen-bond donors (Lipinski definition) is 0. The first-order valence-electron chi connectivity index (χ1n) is 9.54. The largest absolute Gasteiger partial charge is 0.497 e. The van der Waals surface area contributed by atoms with Crippen LogP contribution in [0.2, 0.25) is 0 Å². The molecule has 0 saturated carbocycles. The summed E-state index contributed by atoms with van der Waals surface area (Å²) in [6.45, 7) is 0. The Morgan fingerprint density at radius 2 is 1.90 bits per heavy atom. The predicted octanol–water partition coefficient (Wildman–Crippen LogP) is 2.69. The van der Waals surface area contributed by atoms with Crippen LogP contribution >= 0.6 is 11.8 Å². The Labute approximate surface area is 184 Å². The Morgan fingerprint density at radius 1 is 1.16 bits per heavy atom. The van der Waals surface area contributed by atoms with Gasteiger partial charge < -0.3 is 14.4 Å². The highest BCUT2D eigenvalue weighted by atomic mass is 32.2. The number of amidine groups is 1. The number of anilines is 1. The van der Waals surface area contributed by atoms with Crippen LogP contribution in [-0.4, -0.2) is 56.5 Å². The Balaban J connectivity index is 1.69. The number of fused-ring (bicyclic) bond motifs is 1. The van der Waals surface area contributed by atoms with Crippen molar-refractivity contribution in [2.24, 2.45) is 4.99 Å². The fourth-order valence-corrected chi connectivity index (χ4v) is 7.68. The number of hydrogen-bond acceptors (Lipinski definition) is 6. The Bertz CT molecular complexity index is 1130. The highest BCUT2D eigenvalue weighted by molar-refractivity contribution is 8.16. The van der Waals surface area contributed by atoms with E-state index in [1.807, 2.05) is 0 Å². The van der Waals surface area contributed by atoms with Crippen molar-refractivity contribution < 1.29 is 27.1 Å². The summed E-state index contributed by atoms with van der Waals surface area (Å²) >= 11 is 1.29. The zero-order valence-electron chi connectivity index (χ0n) is 16.9. The molecule has 31 heavy (non-hydrogen) atoms. The Hall–Kier alpha value is -2.59. The third-order valence-electron chi connectivity index (χ3n) is 5.20. The van der Waals surface area contributed by atoms with Crippen LogP contribution in [0.25, 0.3) is 0 Å². The Morgan fingerprint density at radius 3 is 2.58 bits per heavy atom. The number of benzene rings is 2. The second-order valence-corrected chi connectivity index (χ2v) is 10.7. The summed E-state index contributed by atoms with van der Waals surface area (Å²) in [4.78, 5) is 18.7. The van der Waals surface area contributed by atoms with Crippen molar-refractivity contribution in [3.63, 3.8) is 0 Å². The summed E-state index contributed by atoms with van der Waals surface area (Å²) in [5.41, 5.74) is 1.27. The fraction of sp³-hybridized carbons (Fsp3) is 0.333. The number of rotatable bonds is 5. The van der Waals surface area contributed by atoms with Crippen LogP contribution in [0.15, 0.2) is 47.5 Å². The summed E-state index contributed by atoms with van der Waals surface area (Å²) in [7, 11) is -0.130. The maximum Gasteiger partial charge on any atom is 0.252 e. The van der Waals surface area contributed by atoms with E-state index >= 15 is 0 Å². The standard InChI is InChI=1S/C21H21FN2O5S2/c1-28-15-7-8-16(18(10-15)29-2)24-17-11-31(26,27)12-19(17)30-21(24)23-20(25)9-13-3-5-14(22)6-4-13/h3-8,10,17,19H,9,11-12H2,1-2H3/t17-,19+/m0/s1. The SMILES string of the molecule is COc1ccc(N2C(=NC(=O)Cc3ccc(F)cc3)S[C@@H]3CS(=O)(=O)C[C@@H]32)c(OC)c1. The van der Waals surface area contributed by atoms with Crippen LogP contribution in [-0.2, 0) is 21.1 Å². The number of carbonyl (C=O) groups excluding carboxylic acids is 1. The fourth-order valence-electron chi connectivity index (χ4n) is 3.75. The van der Waals surface area contributed by atoms with Gasteiger partial charge in [-0.3, -0.25) is 4.79 Å². The lowest BCUT2D eigenvalue weighted by Gasteiger charge is -2.26. The molecule has 0 aromatic heterocycles. The van der Waals surface area contributed by atoms with Gasteiger partial charge in [-0.05, 0) is 29.8 Å². The lowest BCUT2D eigenvalue weighted by atomic mass is 10.1. The van der Waals surface area contributed by atoms with Crippen molar-refractivity contribution in [3.8, 4) is 11.5 Å². The van der Waals surface area contributed by atoms with Crippen molar-refractivity contribution in [1.82, 2.24) is 0 Å². The van der Waals surface area contributed by atoms with Crippen molar-refractivity contribution in [1.29, 1.82) is 0 Å². The minimum Gasteiger partial charge on any atom is -0.497 e. The van der Waals surface area contributed by atoms with Gasteiger partial charge in [0, 0.05) is 11.3 Å². The van der Waals surface area contributed by atoms with E-state index in [4.69, 9.17) is 9.47 Å². The van der Waals surface area contributed by atoms with Crippen molar-refractivity contribution in [2.75, 3.05) is 30.6 Å². The number of halogens is 1. The zero-order chi connectivity index (χ0) is 22.2. The van der Waals surface area contributed by atoms with Gasteiger partial charge in [0.05, 0.1) is 43.9 Å². The zero-order valence-corrected chi connectivity index (χ0v) is 18.6. The van der Waals surface area contributed by atoms with Gasteiger partial charge in [0.25, 0.3) is 5.91 Å². The first-order valence-corrected chi connectivity index (χ1v) is 12.2. The lowest BCUT2D eigenvalue weighted by molar-refractivity contribution is -0.117. The molecular weight excluding hydrogens is 443 g/mol. The van der Waals surface area contributed by atoms with Crippen molar-refractivity contribution >= 4 is 38.4 Å². The molecule has 0 spiro atoms. The smallest absolute Gasteiger partial charge is 0.252 e. The summed E-state index contributed by atoms with van der Waals surface area (Å²) in [6, 6.07) is 10.5. The molecule has 10 heteroatoms. The van der Waals surface area contributed by atoms with E-state index in [-0.39, 0.29) is 35.0 Å². The molecule has 164 valence electrons. The number of amides is 1. The molecule has 7 nitrogen and oxygen atoms in total. The van der Waals surface area contributed by atoms with E-state index in [0.29, 0.717) is 27.9 Å². The van der Waals surface area contributed by atoms with Gasteiger partial charge in [0.1, 0.15) is 17.3 Å². The van der Waals surface area contributed by atoms with Crippen LogP contribution in [0.4, 0.5) is 10.1 Å². The normalized spacial score (nSPS) is 23.1. The van der Waals surface area contributed by atoms with Gasteiger partial charge in [-0.2, -0.15) is 4.99 Å². The molecule has 2 atom stereocenters. The number of carbonyl (C=O) groups is 1. The molecule has 0 N–H and O–H groups in total. The van der Waals surface area contributed by atoms with E-state index in [1.165, 1.54) is 31.0 Å². The van der Waals surface area contributed by atoms with Gasteiger partial charge in [0.15, 0.2) is 15.0 Å². The van der Waals surface area contributed by atoms with Gasteiger partial charge in [0.2, 0.25) is 0 Å². The molecular formula is C21H21FN2O5S2. The van der Waals surface area contributed by atoms with E-state index in [9.17, 15) is 17.6 Å². The summed E-state index contributed by atoms with van der Waals surface area (Å²) in [5.74, 6) is 0.320. The molecule has 2 aromatic carbocycles. The molecule has 0 unspecified atom stereocenters. The first kappa shape index (κ1) is 21.6. The molecule has 2 fully saturated rings. The molecule has 0 radical (unpaired) electrons. The van der Waals surface area contributed by atoms with Crippen LogP contribution in [0.5, 0.6) is 11.5 Å². The molecule has 0 aliphatic carbocycles. The highest BCUT2D eigenvalue weighted by Crippen LogP contribution is 2.44. The number of nitrogens with zero attached hydrogens (tertiary/aromatic N) is 2. The predicted molar refractivity (Wildman–Crippen MR) is 118 cm³/mol. The number of ether oxygens (including phenoxy) is 2. The van der Waals surface area contributed by atoms with E-state index in [2.05, 4.69) is 4.99 Å². The number of aliphatic imine (C=N–C) groups is 1. The maximum absolute atomic E-state index is 13.1. The number of thioether (sulfide) groups is 1. The quantitative estimate of drug-likeness (QED) is 0.673. The molecule has 1 amide bonds. The first-order chi connectivity index (χ1) is 14.8. The summed E-state index contributed by atoms with van der Waals surface area (Å²) in [5, 5.41) is 0.203. The topological polar surface area (TPSA) is 85.3 Å². The monoisotopic (exact) mass is 464 g/mol. The molecule has 2 aliphatic rings. The molecule has 2 aromatic rings. The molecule has 4 rings (SSSR count). The van der Waals surface area contributed by atoms with Gasteiger partial charge in [-0.1, -0.05) is 23.9 Å². The second kappa shape index (κ2) is 8.51. The molecule has 2 saturated heterocycles. The van der Waals surface area contributed by atoms with Gasteiger partial charge in [-0.15, -0.1) is 0 Å². The lowest BCUT2D eigenvalue weighted by Crippen LogP contribution is -2.38. The van der Waals surface area contributed by atoms with Crippen LogP contribution < -0.4 is 14.4 Å². The minimum atomic E-state index is -3.19. The summed E-state index contributed by atoms with van der Waals surface area (Å²) < 4.78 is 48.4. The van der Waals surface area contributed by atoms with Crippen LogP contribution in [0.1, 0.15) is 5.56 Å². The average molecular weight is 465 g/mol. The molecule has 2 aliphatic heterocycles. The number of sulfone groups is 1. The molecule has 2 heterocycles. The second-order valence-electron chi connectivity index (χ2n) is 7.30. The third kappa shape index (κ3) is 4.54. The van der Waals surface area contributed by atoms with Gasteiger partial charge >= 0.3 is 0 Å². The highest BCUT2D eigenvalue weighted by Gasteiger charge is 2.50. The minimum absolute atomic E-state index is 0.0194. The van der Waals surface area contributed by atoms with Crippen LogP contribution in [0.3, 0.4) is 0 Å². The van der Waals surface area contributed by atoms with E-state index in [0.717, 1.165) is 0 Å². The van der Waals surface area contributed by atoms with Crippen molar-refractivity contribution in [3.05, 3.63) is 53.8 Å². The summed E-state index contributed by atoms with van der Waals surface area (Å²) in [6.07, 6.45) is 0.0194. The molecule has 0 bridgehead atoms. The maximum atomic E-state index is 13.1. The number of methoxy groups -OCH3 is 2.